The second-order valence-corrected chi connectivity index (χ2v) is 11.5. The number of hydrogen-bond donors (Lipinski definition) is 3. The number of rotatable bonds is 6. The van der Waals surface area contributed by atoms with Gasteiger partial charge in [0.15, 0.2) is 0 Å². The van der Waals surface area contributed by atoms with Crippen LogP contribution in [0, 0.1) is 16.2 Å². The summed E-state index contributed by atoms with van der Waals surface area (Å²) < 4.78 is 0. The summed E-state index contributed by atoms with van der Waals surface area (Å²) in [6.45, 7) is 18.3. The highest BCUT2D eigenvalue weighted by molar-refractivity contribution is 6.07. The SMILES string of the molecule is CC(C)(C)[C@@H](N(C(=O)C1(C(N)=O)CC1)[C@H](C(C)(C)C)C(C)(C)O)C(C)(C)O. The van der Waals surface area contributed by atoms with Crippen molar-refractivity contribution in [2.75, 3.05) is 0 Å². The molecule has 0 aromatic carbocycles. The maximum atomic E-state index is 13.7. The molecule has 0 saturated heterocycles. The first kappa shape index (κ1) is 23.9. The molecule has 0 aromatic rings. The van der Waals surface area contributed by atoms with Crippen LogP contribution in [0.1, 0.15) is 82.1 Å². The van der Waals surface area contributed by atoms with Gasteiger partial charge in [-0.2, -0.15) is 0 Å². The van der Waals surface area contributed by atoms with E-state index in [1.165, 1.54) is 0 Å². The predicted molar refractivity (Wildman–Crippen MR) is 107 cm³/mol. The number of carbonyl (C=O) groups excluding carboxylic acids is 2. The van der Waals surface area contributed by atoms with Crippen molar-refractivity contribution >= 4 is 11.8 Å². The standard InChI is InChI=1S/C21H40N2O4/c1-17(2,3)13(19(7,8)26)23(14(18(4,5)6)20(9,10)27)16(25)21(11-12-21)15(22)24/h13-14,26-27H,11-12H2,1-10H3,(H2,22,24)/t13-,14-/m1/s1. The van der Waals surface area contributed by atoms with Gasteiger partial charge in [-0.1, -0.05) is 41.5 Å². The van der Waals surface area contributed by atoms with Crippen LogP contribution >= 0.6 is 0 Å². The van der Waals surface area contributed by atoms with E-state index in [2.05, 4.69) is 0 Å². The first-order valence-electron chi connectivity index (χ1n) is 9.75. The molecule has 1 aliphatic rings. The zero-order valence-electron chi connectivity index (χ0n) is 18.8. The van der Waals surface area contributed by atoms with Crippen LogP contribution in [0.3, 0.4) is 0 Å². The average Bonchev–Trinajstić information content (AvgIpc) is 3.10. The molecule has 1 fully saturated rings. The topological polar surface area (TPSA) is 104 Å². The Morgan fingerprint density at radius 2 is 1.11 bits per heavy atom. The summed E-state index contributed by atoms with van der Waals surface area (Å²) >= 11 is 0. The number of nitrogens with two attached hydrogens (primary N) is 1. The number of amides is 2. The molecule has 2 atom stereocenters. The normalized spacial score (nSPS) is 20.0. The highest BCUT2D eigenvalue weighted by atomic mass is 16.3. The lowest BCUT2D eigenvalue weighted by Gasteiger charge is -2.56. The summed E-state index contributed by atoms with van der Waals surface area (Å²) in [5.41, 5.74) is 0.850. The van der Waals surface area contributed by atoms with Gasteiger partial charge in [0.05, 0.1) is 23.3 Å². The van der Waals surface area contributed by atoms with Crippen molar-refractivity contribution in [3.05, 3.63) is 0 Å². The fourth-order valence-corrected chi connectivity index (χ4v) is 4.96. The quantitative estimate of drug-likeness (QED) is 0.612. The molecule has 2 amide bonds. The van der Waals surface area contributed by atoms with Crippen LogP contribution in [0.5, 0.6) is 0 Å². The number of primary amides is 1. The van der Waals surface area contributed by atoms with Crippen molar-refractivity contribution < 1.29 is 19.8 Å². The smallest absolute Gasteiger partial charge is 0.238 e. The second-order valence-electron chi connectivity index (χ2n) is 11.5. The summed E-state index contributed by atoms with van der Waals surface area (Å²) in [4.78, 5) is 27.4. The van der Waals surface area contributed by atoms with Crippen LogP contribution in [0.25, 0.3) is 0 Å². The Balaban J connectivity index is 3.76. The van der Waals surface area contributed by atoms with Gasteiger partial charge in [0, 0.05) is 0 Å². The van der Waals surface area contributed by atoms with Crippen LogP contribution in [-0.2, 0) is 9.59 Å². The predicted octanol–water partition coefficient (Wildman–Crippen LogP) is 2.45. The van der Waals surface area contributed by atoms with Crippen molar-refractivity contribution in [2.45, 2.75) is 105 Å². The largest absolute Gasteiger partial charge is 0.388 e. The molecule has 1 saturated carbocycles. The van der Waals surface area contributed by atoms with E-state index in [0.29, 0.717) is 12.8 Å². The molecule has 0 unspecified atom stereocenters. The molecule has 0 aromatic heterocycles. The number of hydrogen-bond acceptors (Lipinski definition) is 4. The van der Waals surface area contributed by atoms with Gasteiger partial charge in [-0.15, -0.1) is 0 Å². The first-order valence-corrected chi connectivity index (χ1v) is 9.75. The zero-order valence-corrected chi connectivity index (χ0v) is 18.8. The molecular weight excluding hydrogens is 344 g/mol. The number of aliphatic hydroxyl groups is 2. The maximum Gasteiger partial charge on any atom is 0.238 e. The molecule has 1 aliphatic carbocycles. The van der Waals surface area contributed by atoms with Crippen LogP contribution in [0.15, 0.2) is 0 Å². The van der Waals surface area contributed by atoms with Gasteiger partial charge >= 0.3 is 0 Å². The van der Waals surface area contributed by atoms with Crippen molar-refractivity contribution in [1.82, 2.24) is 4.90 Å². The lowest BCUT2D eigenvalue weighted by atomic mass is 9.70. The Labute approximate surface area is 164 Å². The monoisotopic (exact) mass is 384 g/mol. The van der Waals surface area contributed by atoms with E-state index >= 15 is 0 Å². The summed E-state index contributed by atoms with van der Waals surface area (Å²) in [5.74, 6) is -1.02. The molecular formula is C21H40N2O4. The van der Waals surface area contributed by atoms with Crippen LogP contribution < -0.4 is 5.73 Å². The Kier molecular flexibility index (Phi) is 5.96. The third kappa shape index (κ3) is 4.83. The molecule has 0 spiro atoms. The highest BCUT2D eigenvalue weighted by Crippen LogP contribution is 2.51. The molecule has 4 N–H and O–H groups in total. The van der Waals surface area contributed by atoms with Crippen molar-refractivity contribution in [3.8, 4) is 0 Å². The van der Waals surface area contributed by atoms with Crippen LogP contribution in [0.2, 0.25) is 0 Å². The van der Waals surface area contributed by atoms with E-state index in [4.69, 9.17) is 5.73 Å². The van der Waals surface area contributed by atoms with Gasteiger partial charge < -0.3 is 20.8 Å². The summed E-state index contributed by atoms with van der Waals surface area (Å²) in [7, 11) is 0. The van der Waals surface area contributed by atoms with Gasteiger partial charge in [0.1, 0.15) is 5.41 Å². The van der Waals surface area contributed by atoms with Gasteiger partial charge in [-0.3, -0.25) is 9.59 Å². The summed E-state index contributed by atoms with van der Waals surface area (Å²) in [5, 5.41) is 22.1. The average molecular weight is 385 g/mol. The number of carbonyl (C=O) groups is 2. The van der Waals surface area contributed by atoms with Gasteiger partial charge in [-0.25, -0.2) is 0 Å². The minimum atomic E-state index is -1.25. The summed E-state index contributed by atoms with van der Waals surface area (Å²) in [6, 6.07) is -1.27. The second kappa shape index (κ2) is 6.73. The molecule has 27 heavy (non-hydrogen) atoms. The number of nitrogens with zero attached hydrogens (tertiary/aromatic N) is 1. The molecule has 6 heteroatoms. The van der Waals surface area contributed by atoms with Crippen LogP contribution in [0.4, 0.5) is 0 Å². The van der Waals surface area contributed by atoms with E-state index in [0.717, 1.165) is 0 Å². The lowest BCUT2D eigenvalue weighted by Crippen LogP contribution is -2.69. The minimum Gasteiger partial charge on any atom is -0.388 e. The third-order valence-electron chi connectivity index (χ3n) is 5.40. The molecule has 0 radical (unpaired) electrons. The molecule has 158 valence electrons. The van der Waals surface area contributed by atoms with Gasteiger partial charge in [0.2, 0.25) is 11.8 Å². The fraction of sp³-hybridized carbons (Fsp3) is 0.905. The molecule has 6 nitrogen and oxygen atoms in total. The fourth-order valence-electron chi connectivity index (χ4n) is 4.96. The molecule has 0 bridgehead atoms. The Bertz CT molecular complexity index is 521. The lowest BCUT2D eigenvalue weighted by molar-refractivity contribution is -0.178. The third-order valence-corrected chi connectivity index (χ3v) is 5.40. The van der Waals surface area contributed by atoms with Crippen molar-refractivity contribution in [3.63, 3.8) is 0 Å². The van der Waals surface area contributed by atoms with E-state index in [1.807, 2.05) is 41.5 Å². The highest BCUT2D eigenvalue weighted by Gasteiger charge is 2.62. The zero-order chi connectivity index (χ0) is 21.8. The van der Waals surface area contributed by atoms with E-state index in [1.54, 1.807) is 32.6 Å². The van der Waals surface area contributed by atoms with E-state index in [-0.39, 0.29) is 5.91 Å². The van der Waals surface area contributed by atoms with Crippen LogP contribution in [-0.4, -0.2) is 50.2 Å². The van der Waals surface area contributed by atoms with E-state index in [9.17, 15) is 19.8 Å². The first-order chi connectivity index (χ1) is 11.7. The minimum absolute atomic E-state index is 0.390. The molecule has 0 aliphatic heterocycles. The molecule has 0 heterocycles. The Morgan fingerprint density at radius 3 is 1.26 bits per heavy atom. The molecule has 1 rings (SSSR count). The summed E-state index contributed by atoms with van der Waals surface area (Å²) in [6.07, 6.45) is 0.812. The maximum absolute atomic E-state index is 13.7. The van der Waals surface area contributed by atoms with E-state index < -0.39 is 45.4 Å². The Hall–Kier alpha value is -1.14. The van der Waals surface area contributed by atoms with Crippen molar-refractivity contribution in [2.24, 2.45) is 22.0 Å². The Morgan fingerprint density at radius 1 is 0.815 bits per heavy atom. The van der Waals surface area contributed by atoms with Gasteiger partial charge in [0.25, 0.3) is 0 Å². The van der Waals surface area contributed by atoms with Gasteiger partial charge in [-0.05, 0) is 51.4 Å². The van der Waals surface area contributed by atoms with Crippen molar-refractivity contribution in [1.29, 1.82) is 0 Å².